The minimum absolute atomic E-state index is 0.0570. The third-order valence-corrected chi connectivity index (χ3v) is 7.93. The molecule has 0 aromatic heterocycles. The Bertz CT molecular complexity index is 801. The fourth-order valence-electron chi connectivity index (χ4n) is 5.43. The zero-order valence-electron chi connectivity index (χ0n) is 21.3. The average Bonchev–Trinajstić information content (AvgIpc) is 3.32. The number of aliphatic hydroxyl groups excluding tert-OH is 6. The summed E-state index contributed by atoms with van der Waals surface area (Å²) in [6.45, 7) is -0.134. The van der Waals surface area contributed by atoms with E-state index in [9.17, 15) is 35.7 Å². The van der Waals surface area contributed by atoms with Crippen molar-refractivity contribution in [1.29, 1.82) is 0 Å². The molecule has 15 heteroatoms. The van der Waals surface area contributed by atoms with Gasteiger partial charge in [-0.1, -0.05) is 12.8 Å². The molecule has 0 amide bonds. The summed E-state index contributed by atoms with van der Waals surface area (Å²) in [5.41, 5.74) is 28.3. The zero-order valence-corrected chi connectivity index (χ0v) is 21.3. The number of rotatable bonds is 10. The predicted molar refractivity (Wildman–Crippen MR) is 133 cm³/mol. The van der Waals surface area contributed by atoms with Crippen LogP contribution in [0.3, 0.4) is 0 Å². The van der Waals surface area contributed by atoms with Crippen molar-refractivity contribution in [1.82, 2.24) is 0 Å². The highest BCUT2D eigenvalue weighted by atomic mass is 16.7. The van der Waals surface area contributed by atoms with Gasteiger partial charge in [0.05, 0.1) is 23.4 Å². The number of ether oxygens (including phenoxy) is 3. The Labute approximate surface area is 221 Å². The van der Waals surface area contributed by atoms with Crippen molar-refractivity contribution in [3.8, 4) is 0 Å². The molecular formula is C23H45N5O10. The maximum atomic E-state index is 11.0. The van der Waals surface area contributed by atoms with Crippen LogP contribution < -0.4 is 28.7 Å². The van der Waals surface area contributed by atoms with Crippen molar-refractivity contribution in [3.05, 3.63) is 11.5 Å². The molecule has 0 aromatic carbocycles. The molecule has 12 unspecified atom stereocenters. The van der Waals surface area contributed by atoms with Crippen molar-refractivity contribution in [2.24, 2.45) is 28.7 Å². The number of aliphatic hydroxyl groups is 7. The Morgan fingerprint density at radius 3 is 2.18 bits per heavy atom. The zero-order chi connectivity index (χ0) is 28.4. The normalized spacial score (nSPS) is 41.9. The van der Waals surface area contributed by atoms with Gasteiger partial charge in [-0.2, -0.15) is 0 Å². The molecule has 2 saturated carbocycles. The third-order valence-electron chi connectivity index (χ3n) is 7.93. The van der Waals surface area contributed by atoms with Crippen molar-refractivity contribution in [3.63, 3.8) is 0 Å². The monoisotopic (exact) mass is 551 g/mol. The van der Waals surface area contributed by atoms with E-state index in [1.165, 1.54) is 0 Å². The van der Waals surface area contributed by atoms with Gasteiger partial charge in [0.1, 0.15) is 36.6 Å². The molecule has 222 valence electrons. The Morgan fingerprint density at radius 2 is 1.58 bits per heavy atom. The van der Waals surface area contributed by atoms with E-state index in [0.29, 0.717) is 12.8 Å². The first kappa shape index (κ1) is 31.3. The van der Waals surface area contributed by atoms with Gasteiger partial charge >= 0.3 is 0 Å². The van der Waals surface area contributed by atoms with Crippen molar-refractivity contribution < 1.29 is 50.0 Å². The van der Waals surface area contributed by atoms with Gasteiger partial charge in [0.2, 0.25) is 6.29 Å². The van der Waals surface area contributed by atoms with Gasteiger partial charge in [-0.15, -0.1) is 0 Å². The number of hydrogen-bond acceptors (Lipinski definition) is 15. The SMILES string of the molecule is NCC1OC(OC2C(N)CC(N)C(OC(O)/C(O)=C(\N)C(O)CCC3(O)CCCC3)C2O)C(N)C(O)C1O. The molecule has 3 aliphatic rings. The van der Waals surface area contributed by atoms with E-state index in [1.54, 1.807) is 0 Å². The summed E-state index contributed by atoms with van der Waals surface area (Å²) in [6, 6.07) is -2.91. The van der Waals surface area contributed by atoms with Crippen LogP contribution in [0.2, 0.25) is 0 Å². The second-order valence-corrected chi connectivity index (χ2v) is 10.8. The van der Waals surface area contributed by atoms with E-state index in [-0.39, 0.29) is 25.8 Å². The van der Waals surface area contributed by atoms with Gasteiger partial charge < -0.3 is 78.6 Å². The molecule has 0 bridgehead atoms. The summed E-state index contributed by atoms with van der Waals surface area (Å²) in [4.78, 5) is 0. The molecule has 1 aliphatic heterocycles. The Hall–Kier alpha value is -1.18. The van der Waals surface area contributed by atoms with E-state index >= 15 is 0 Å². The molecule has 2 aliphatic carbocycles. The van der Waals surface area contributed by atoms with Crippen LogP contribution in [0.25, 0.3) is 0 Å². The summed E-state index contributed by atoms with van der Waals surface area (Å²) in [5, 5.41) is 73.0. The first-order valence-corrected chi connectivity index (χ1v) is 13.0. The minimum Gasteiger partial charge on any atom is -0.506 e. The van der Waals surface area contributed by atoms with Crippen molar-refractivity contribution in [2.45, 2.75) is 124 Å². The second kappa shape index (κ2) is 13.0. The van der Waals surface area contributed by atoms with Gasteiger partial charge in [-0.3, -0.25) is 0 Å². The highest BCUT2D eigenvalue weighted by molar-refractivity contribution is 5.11. The topological polar surface area (TPSA) is 299 Å². The summed E-state index contributed by atoms with van der Waals surface area (Å²) < 4.78 is 16.8. The van der Waals surface area contributed by atoms with Gasteiger partial charge in [0.25, 0.3) is 0 Å². The smallest absolute Gasteiger partial charge is 0.216 e. The van der Waals surface area contributed by atoms with Gasteiger partial charge in [-0.05, 0) is 32.1 Å². The van der Waals surface area contributed by atoms with Crippen LogP contribution in [0, 0.1) is 0 Å². The fourth-order valence-corrected chi connectivity index (χ4v) is 5.43. The molecule has 0 aromatic rings. The van der Waals surface area contributed by atoms with Crippen LogP contribution >= 0.6 is 0 Å². The summed E-state index contributed by atoms with van der Waals surface area (Å²) in [7, 11) is 0. The molecule has 38 heavy (non-hydrogen) atoms. The fraction of sp³-hybridized carbons (Fsp3) is 0.913. The summed E-state index contributed by atoms with van der Waals surface area (Å²) in [5.74, 6) is -0.858. The number of hydrogen-bond donors (Lipinski definition) is 12. The molecule has 12 atom stereocenters. The highest BCUT2D eigenvalue weighted by Crippen LogP contribution is 2.34. The predicted octanol–water partition coefficient (Wildman–Crippen LogP) is -4.60. The molecule has 1 heterocycles. The average molecular weight is 552 g/mol. The second-order valence-electron chi connectivity index (χ2n) is 10.8. The van der Waals surface area contributed by atoms with E-state index < -0.39 is 90.5 Å². The summed E-state index contributed by atoms with van der Waals surface area (Å²) >= 11 is 0. The van der Waals surface area contributed by atoms with Gasteiger partial charge in [-0.25, -0.2) is 0 Å². The third kappa shape index (κ3) is 6.93. The lowest BCUT2D eigenvalue weighted by Gasteiger charge is -2.46. The van der Waals surface area contributed by atoms with E-state index in [0.717, 1.165) is 12.8 Å². The molecule has 1 saturated heterocycles. The van der Waals surface area contributed by atoms with E-state index in [2.05, 4.69) is 0 Å². The Kier molecular flexibility index (Phi) is 10.7. The molecule has 3 rings (SSSR count). The molecule has 0 radical (unpaired) electrons. The van der Waals surface area contributed by atoms with E-state index in [4.69, 9.17) is 42.9 Å². The Morgan fingerprint density at radius 1 is 0.974 bits per heavy atom. The molecule has 17 N–H and O–H groups in total. The van der Waals surface area contributed by atoms with Crippen molar-refractivity contribution >= 4 is 0 Å². The van der Waals surface area contributed by atoms with E-state index in [1.807, 2.05) is 0 Å². The summed E-state index contributed by atoms with van der Waals surface area (Å²) in [6.07, 6.45) is -9.05. The number of nitrogens with two attached hydrogens (primary N) is 5. The van der Waals surface area contributed by atoms with Crippen LogP contribution in [0.5, 0.6) is 0 Å². The van der Waals surface area contributed by atoms with Crippen LogP contribution in [0.1, 0.15) is 44.9 Å². The van der Waals surface area contributed by atoms with Crippen LogP contribution in [-0.2, 0) is 14.2 Å². The quantitative estimate of drug-likeness (QED) is 0.0897. The van der Waals surface area contributed by atoms with Crippen molar-refractivity contribution in [2.75, 3.05) is 6.54 Å². The lowest BCUT2D eigenvalue weighted by Crippen LogP contribution is -2.68. The molecule has 15 nitrogen and oxygen atoms in total. The first-order chi connectivity index (χ1) is 17.8. The maximum absolute atomic E-state index is 11.0. The van der Waals surface area contributed by atoms with Crippen LogP contribution in [0.4, 0.5) is 0 Å². The van der Waals surface area contributed by atoms with Crippen LogP contribution in [0.15, 0.2) is 11.5 Å². The lowest BCUT2D eigenvalue weighted by molar-refractivity contribution is -0.293. The van der Waals surface area contributed by atoms with Crippen LogP contribution in [-0.4, -0.2) is 121 Å². The molecular weight excluding hydrogens is 506 g/mol. The maximum Gasteiger partial charge on any atom is 0.216 e. The first-order valence-electron chi connectivity index (χ1n) is 13.0. The molecule has 0 spiro atoms. The minimum atomic E-state index is -2.05. The lowest BCUT2D eigenvalue weighted by atomic mass is 9.84. The Balaban J connectivity index is 1.65. The van der Waals surface area contributed by atoms with Gasteiger partial charge in [0, 0.05) is 18.6 Å². The van der Waals surface area contributed by atoms with Gasteiger partial charge in [0.15, 0.2) is 12.0 Å². The molecule has 3 fully saturated rings. The highest BCUT2D eigenvalue weighted by Gasteiger charge is 2.49. The largest absolute Gasteiger partial charge is 0.506 e. The standard InChI is InChI=1S/C23H45N5O10/c24-8-12-15(30)16(31)14(28)22(36-12)38-20-10(26)7-9(25)19(18(20)33)37-21(34)17(32)13(27)11(29)3-6-23(35)4-1-2-5-23/h9-12,14-16,18-22,29-35H,1-8,24-28H2/b17-13+.